The summed E-state index contributed by atoms with van der Waals surface area (Å²) in [7, 11) is -7.15. The Morgan fingerprint density at radius 3 is 2.29 bits per heavy atom. The molecule has 2 aromatic rings. The van der Waals surface area contributed by atoms with E-state index in [2.05, 4.69) is 4.72 Å². The second-order valence-electron chi connectivity index (χ2n) is 5.54. The number of nitrogens with one attached hydrogen (secondary N) is 1. The average molecular weight is 388 g/mol. The molecule has 2 rings (SSSR count). The minimum absolute atomic E-state index is 0.0212. The van der Waals surface area contributed by atoms with Gasteiger partial charge in [0.1, 0.15) is 9.46 Å². The van der Waals surface area contributed by atoms with Gasteiger partial charge >= 0.3 is 0 Å². The molecule has 1 aromatic heterocycles. The largest absolute Gasteiger partial charge is 0.222 e. The molecule has 1 heterocycles. The minimum atomic E-state index is -3.67. The summed E-state index contributed by atoms with van der Waals surface area (Å²) < 4.78 is 52.4. The fraction of sp³-hybridized carbons (Fsp3) is 0.375. The van der Waals surface area contributed by atoms with Gasteiger partial charge in [-0.2, -0.15) is 0 Å². The monoisotopic (exact) mass is 387 g/mol. The van der Waals surface area contributed by atoms with Crippen LogP contribution in [0.1, 0.15) is 29.7 Å². The summed E-state index contributed by atoms with van der Waals surface area (Å²) in [5.74, 6) is -0.0212. The lowest BCUT2D eigenvalue weighted by Gasteiger charge is -2.18. The molecule has 0 saturated heterocycles. The molecule has 0 aliphatic rings. The van der Waals surface area contributed by atoms with Crippen LogP contribution in [0.25, 0.3) is 0 Å². The highest BCUT2D eigenvalue weighted by molar-refractivity contribution is 7.93. The van der Waals surface area contributed by atoms with Crippen molar-refractivity contribution in [1.29, 1.82) is 0 Å². The smallest absolute Gasteiger partial charge is 0.211 e. The van der Waals surface area contributed by atoms with E-state index in [9.17, 15) is 16.8 Å². The first-order valence-electron chi connectivity index (χ1n) is 7.57. The first-order valence-corrected chi connectivity index (χ1v) is 11.7. The molecule has 0 radical (unpaired) electrons. The van der Waals surface area contributed by atoms with Gasteiger partial charge in [-0.15, -0.1) is 11.3 Å². The van der Waals surface area contributed by atoms with Gasteiger partial charge in [0.2, 0.25) is 10.0 Å². The molecule has 0 saturated carbocycles. The van der Waals surface area contributed by atoms with Crippen LogP contribution in [-0.2, 0) is 19.9 Å². The molecule has 132 valence electrons. The van der Waals surface area contributed by atoms with E-state index in [0.29, 0.717) is 12.0 Å². The average Bonchev–Trinajstić information content (AvgIpc) is 3.04. The molecule has 0 amide bonds. The Morgan fingerprint density at radius 2 is 1.75 bits per heavy atom. The van der Waals surface area contributed by atoms with Crippen LogP contribution in [-0.4, -0.2) is 29.1 Å². The molecule has 5 nitrogen and oxygen atoms in total. The fourth-order valence-corrected chi connectivity index (χ4v) is 6.37. The van der Waals surface area contributed by atoms with Crippen molar-refractivity contribution in [3.63, 3.8) is 0 Å². The maximum atomic E-state index is 12.9. The summed E-state index contributed by atoms with van der Waals surface area (Å²) in [5.41, 5.74) is 1.59. The van der Waals surface area contributed by atoms with Crippen molar-refractivity contribution in [2.45, 2.75) is 29.7 Å². The van der Waals surface area contributed by atoms with Crippen LogP contribution in [0, 0.1) is 6.92 Å². The van der Waals surface area contributed by atoms with E-state index in [1.165, 1.54) is 0 Å². The predicted molar refractivity (Wildman–Crippen MR) is 97.5 cm³/mol. The lowest BCUT2D eigenvalue weighted by molar-refractivity contribution is 0.569. The summed E-state index contributed by atoms with van der Waals surface area (Å²) in [6.07, 6.45) is 0.474. The summed E-state index contributed by atoms with van der Waals surface area (Å²) >= 11 is 1.13. The Kier molecular flexibility index (Phi) is 6.19. The van der Waals surface area contributed by atoms with Crippen LogP contribution >= 0.6 is 11.3 Å². The quantitative estimate of drug-likeness (QED) is 0.755. The topological polar surface area (TPSA) is 80.3 Å². The second-order valence-corrected chi connectivity index (χ2v) is 10.8. The molecule has 1 N–H and O–H groups in total. The Hall–Kier alpha value is -1.22. The molecule has 0 unspecified atom stereocenters. The number of benzene rings is 1. The predicted octanol–water partition coefficient (Wildman–Crippen LogP) is 2.90. The first kappa shape index (κ1) is 19.1. The van der Waals surface area contributed by atoms with E-state index in [1.54, 1.807) is 36.6 Å². The zero-order valence-corrected chi connectivity index (χ0v) is 16.0. The number of aryl methyl sites for hydroxylation is 1. The van der Waals surface area contributed by atoms with E-state index in [-0.39, 0.29) is 16.5 Å². The van der Waals surface area contributed by atoms with Gasteiger partial charge < -0.3 is 0 Å². The van der Waals surface area contributed by atoms with Gasteiger partial charge in [0.25, 0.3) is 0 Å². The zero-order chi connectivity index (χ0) is 17.8. The Balaban J connectivity index is 2.37. The lowest BCUT2D eigenvalue weighted by atomic mass is 10.1. The highest BCUT2D eigenvalue weighted by Crippen LogP contribution is 2.31. The lowest BCUT2D eigenvalue weighted by Crippen LogP contribution is -2.33. The molecule has 8 heteroatoms. The van der Waals surface area contributed by atoms with Gasteiger partial charge in [0, 0.05) is 6.54 Å². The van der Waals surface area contributed by atoms with E-state index in [4.69, 9.17) is 0 Å². The third-order valence-electron chi connectivity index (χ3n) is 3.56. The number of hydrogen-bond donors (Lipinski definition) is 1. The minimum Gasteiger partial charge on any atom is -0.222 e. The van der Waals surface area contributed by atoms with Crippen LogP contribution in [0.15, 0.2) is 46.0 Å². The van der Waals surface area contributed by atoms with E-state index in [1.807, 2.05) is 19.1 Å². The first-order chi connectivity index (χ1) is 11.3. The summed E-state index contributed by atoms with van der Waals surface area (Å²) in [5, 5.41) is 0.740. The van der Waals surface area contributed by atoms with Crippen molar-refractivity contribution in [3.05, 3.63) is 52.9 Å². The molecular formula is C16H21NO4S3. The van der Waals surface area contributed by atoms with Crippen molar-refractivity contribution >= 4 is 31.2 Å². The van der Waals surface area contributed by atoms with E-state index < -0.39 is 25.1 Å². The Bertz CT molecular complexity index is 855. The molecule has 24 heavy (non-hydrogen) atoms. The van der Waals surface area contributed by atoms with E-state index >= 15 is 0 Å². The second kappa shape index (κ2) is 7.77. The maximum Gasteiger partial charge on any atom is 0.211 e. The summed E-state index contributed by atoms with van der Waals surface area (Å²) in [4.78, 5) is 0. The number of sulfonamides is 1. The molecule has 0 aliphatic carbocycles. The maximum absolute atomic E-state index is 12.9. The molecule has 1 atom stereocenters. The van der Waals surface area contributed by atoms with Gasteiger partial charge in [-0.25, -0.2) is 21.6 Å². The molecule has 0 aliphatic heterocycles. The van der Waals surface area contributed by atoms with Crippen molar-refractivity contribution in [3.8, 4) is 0 Å². The number of sulfone groups is 1. The Morgan fingerprint density at radius 1 is 1.08 bits per heavy atom. The molecule has 0 fully saturated rings. The van der Waals surface area contributed by atoms with Crippen molar-refractivity contribution in [2.24, 2.45) is 0 Å². The Labute approximate surface area is 147 Å². The van der Waals surface area contributed by atoms with Gasteiger partial charge in [0.15, 0.2) is 9.84 Å². The van der Waals surface area contributed by atoms with Crippen molar-refractivity contribution < 1.29 is 16.8 Å². The van der Waals surface area contributed by atoms with Gasteiger partial charge in [0.05, 0.1) is 5.75 Å². The van der Waals surface area contributed by atoms with Gasteiger partial charge in [-0.05, 0) is 30.4 Å². The third kappa shape index (κ3) is 4.66. The van der Waals surface area contributed by atoms with Crippen LogP contribution in [0.5, 0.6) is 0 Å². The standard InChI is InChI=1S/C16H21NO4S3/c1-3-11-23(18,19)17-12-15(14-8-6-13(2)7-9-14)24(20,21)16-5-4-10-22-16/h4-10,15,17H,3,11-12H2,1-2H3/t15-/m1/s1. The molecule has 0 bridgehead atoms. The molecule has 1 aromatic carbocycles. The van der Waals surface area contributed by atoms with Crippen molar-refractivity contribution in [1.82, 2.24) is 4.72 Å². The van der Waals surface area contributed by atoms with Crippen LogP contribution < -0.4 is 4.72 Å². The number of rotatable bonds is 8. The van der Waals surface area contributed by atoms with Gasteiger partial charge in [-0.3, -0.25) is 0 Å². The van der Waals surface area contributed by atoms with Crippen LogP contribution in [0.3, 0.4) is 0 Å². The highest BCUT2D eigenvalue weighted by atomic mass is 32.2. The zero-order valence-electron chi connectivity index (χ0n) is 13.6. The summed E-state index contributed by atoms with van der Waals surface area (Å²) in [6.45, 7) is 3.50. The van der Waals surface area contributed by atoms with E-state index in [0.717, 1.165) is 16.9 Å². The van der Waals surface area contributed by atoms with Crippen LogP contribution in [0.2, 0.25) is 0 Å². The normalized spacial score (nSPS) is 13.8. The molecular weight excluding hydrogens is 366 g/mol. The number of thiophene rings is 1. The third-order valence-corrected chi connectivity index (χ3v) is 8.64. The van der Waals surface area contributed by atoms with Crippen molar-refractivity contribution in [2.75, 3.05) is 12.3 Å². The molecule has 0 spiro atoms. The summed E-state index contributed by atoms with van der Waals surface area (Å²) in [6, 6.07) is 10.3. The van der Waals surface area contributed by atoms with Crippen LogP contribution in [0.4, 0.5) is 0 Å². The number of hydrogen-bond acceptors (Lipinski definition) is 5. The highest BCUT2D eigenvalue weighted by Gasteiger charge is 2.31. The SMILES string of the molecule is CCCS(=O)(=O)NC[C@H](c1ccc(C)cc1)S(=O)(=O)c1cccs1. The van der Waals surface area contributed by atoms with Gasteiger partial charge in [-0.1, -0.05) is 42.8 Å². The fourth-order valence-electron chi connectivity index (χ4n) is 2.30.